The summed E-state index contributed by atoms with van der Waals surface area (Å²) in [5, 5.41) is 3.47. The van der Waals surface area contributed by atoms with Crippen LogP contribution in [0.3, 0.4) is 0 Å². The van der Waals surface area contributed by atoms with Crippen molar-refractivity contribution in [2.45, 2.75) is 18.9 Å². The van der Waals surface area contributed by atoms with Crippen LogP contribution in [-0.2, 0) is 0 Å². The minimum atomic E-state index is 0. The molecule has 110 valence electrons. The number of rotatable bonds is 3. The van der Waals surface area contributed by atoms with E-state index in [9.17, 15) is 4.79 Å². The van der Waals surface area contributed by atoms with Crippen molar-refractivity contribution in [1.82, 2.24) is 5.32 Å². The van der Waals surface area contributed by atoms with Gasteiger partial charge in [0, 0.05) is 21.6 Å². The molecule has 0 spiro atoms. The van der Waals surface area contributed by atoms with Gasteiger partial charge in [0.15, 0.2) is 5.78 Å². The fourth-order valence-corrected chi connectivity index (χ4v) is 2.90. The van der Waals surface area contributed by atoms with E-state index in [4.69, 9.17) is 0 Å². The van der Waals surface area contributed by atoms with Crippen molar-refractivity contribution in [1.29, 1.82) is 0 Å². The minimum absolute atomic E-state index is 0. The van der Waals surface area contributed by atoms with Crippen LogP contribution in [0.1, 0.15) is 40.4 Å². The molecule has 2 nitrogen and oxygen atoms in total. The van der Waals surface area contributed by atoms with E-state index in [0.29, 0.717) is 6.04 Å². The Kier molecular flexibility index (Phi) is 5.57. The molecule has 1 atom stereocenters. The van der Waals surface area contributed by atoms with Crippen molar-refractivity contribution in [3.8, 4) is 0 Å². The fourth-order valence-electron chi connectivity index (χ4n) is 2.63. The quantitative estimate of drug-likeness (QED) is 0.809. The molecule has 3 rings (SSSR count). The summed E-state index contributed by atoms with van der Waals surface area (Å²) in [5.41, 5.74) is 2.70. The molecule has 21 heavy (non-hydrogen) atoms. The lowest BCUT2D eigenvalue weighted by atomic mass is 9.98. The molecule has 1 aliphatic rings. The Bertz CT molecular complexity index is 621. The number of carbonyl (C=O) groups is 1. The predicted molar refractivity (Wildman–Crippen MR) is 91.2 cm³/mol. The number of ketones is 1. The molecule has 0 amide bonds. The molecule has 1 saturated heterocycles. The van der Waals surface area contributed by atoms with Crippen LogP contribution in [-0.4, -0.2) is 12.3 Å². The smallest absolute Gasteiger partial charge is 0.193 e. The van der Waals surface area contributed by atoms with Crippen molar-refractivity contribution < 1.29 is 4.79 Å². The highest BCUT2D eigenvalue weighted by molar-refractivity contribution is 9.10. The van der Waals surface area contributed by atoms with E-state index in [1.165, 1.54) is 12.0 Å². The Hall–Kier alpha value is -1.16. The second-order valence-electron chi connectivity index (χ2n) is 5.11. The Morgan fingerprint density at radius 1 is 1.10 bits per heavy atom. The van der Waals surface area contributed by atoms with E-state index in [0.717, 1.165) is 28.6 Å². The normalized spacial score (nSPS) is 17.3. The van der Waals surface area contributed by atoms with Crippen LogP contribution in [0.25, 0.3) is 0 Å². The first kappa shape index (κ1) is 16.2. The number of halogens is 2. The number of nitrogens with one attached hydrogen (secondary N) is 1. The van der Waals surface area contributed by atoms with Crippen LogP contribution in [0.4, 0.5) is 0 Å². The Balaban J connectivity index is 0.00000161. The first-order valence-corrected chi connectivity index (χ1v) is 7.67. The van der Waals surface area contributed by atoms with Crippen molar-refractivity contribution in [3.63, 3.8) is 0 Å². The van der Waals surface area contributed by atoms with Crippen LogP contribution >= 0.6 is 28.3 Å². The third kappa shape index (κ3) is 3.73. The summed E-state index contributed by atoms with van der Waals surface area (Å²) < 4.78 is 0.984. The standard InChI is InChI=1S/C17H16BrNO.ClH/c18-15-8-6-12(7-9-15)17(20)14-4-1-3-13(11-14)16-5-2-10-19-16;/h1,3-4,6-9,11,16,19H,2,5,10H2;1H/t16-;/m0./s1. The van der Waals surface area contributed by atoms with Crippen molar-refractivity contribution in [3.05, 3.63) is 69.7 Å². The Labute approximate surface area is 139 Å². The topological polar surface area (TPSA) is 29.1 Å². The van der Waals surface area contributed by atoms with Gasteiger partial charge in [-0.1, -0.05) is 34.1 Å². The monoisotopic (exact) mass is 365 g/mol. The second-order valence-corrected chi connectivity index (χ2v) is 6.03. The number of carbonyl (C=O) groups excluding carboxylic acids is 1. The van der Waals surface area contributed by atoms with E-state index in [1.54, 1.807) is 0 Å². The van der Waals surface area contributed by atoms with Gasteiger partial charge in [0.05, 0.1) is 0 Å². The molecule has 1 fully saturated rings. The van der Waals surface area contributed by atoms with Crippen LogP contribution in [0.5, 0.6) is 0 Å². The zero-order valence-corrected chi connectivity index (χ0v) is 13.9. The highest BCUT2D eigenvalue weighted by atomic mass is 79.9. The lowest BCUT2D eigenvalue weighted by molar-refractivity contribution is 0.103. The largest absolute Gasteiger partial charge is 0.310 e. The summed E-state index contributed by atoms with van der Waals surface area (Å²) in [5.74, 6) is 0.0809. The van der Waals surface area contributed by atoms with Crippen LogP contribution in [0.2, 0.25) is 0 Å². The van der Waals surface area contributed by atoms with E-state index < -0.39 is 0 Å². The summed E-state index contributed by atoms with van der Waals surface area (Å²) in [6.07, 6.45) is 2.35. The molecule has 4 heteroatoms. The second kappa shape index (κ2) is 7.21. The number of benzene rings is 2. The van der Waals surface area contributed by atoms with Crippen molar-refractivity contribution in [2.24, 2.45) is 0 Å². The van der Waals surface area contributed by atoms with Crippen LogP contribution in [0.15, 0.2) is 53.0 Å². The Morgan fingerprint density at radius 2 is 1.86 bits per heavy atom. The molecule has 1 heterocycles. The van der Waals surface area contributed by atoms with Gasteiger partial charge in [0.2, 0.25) is 0 Å². The molecule has 0 bridgehead atoms. The molecule has 1 N–H and O–H groups in total. The Morgan fingerprint density at radius 3 is 2.52 bits per heavy atom. The summed E-state index contributed by atoms with van der Waals surface area (Å²) >= 11 is 3.39. The average Bonchev–Trinajstić information content (AvgIpc) is 3.02. The molecular formula is C17H17BrClNO. The highest BCUT2D eigenvalue weighted by Crippen LogP contribution is 2.24. The molecule has 0 saturated carbocycles. The highest BCUT2D eigenvalue weighted by Gasteiger charge is 2.17. The van der Waals surface area contributed by atoms with Gasteiger partial charge >= 0.3 is 0 Å². The van der Waals surface area contributed by atoms with Gasteiger partial charge in [0.25, 0.3) is 0 Å². The van der Waals surface area contributed by atoms with Crippen LogP contribution < -0.4 is 5.32 Å². The summed E-state index contributed by atoms with van der Waals surface area (Å²) in [4.78, 5) is 12.5. The fraction of sp³-hybridized carbons (Fsp3) is 0.235. The minimum Gasteiger partial charge on any atom is -0.310 e. The van der Waals surface area contributed by atoms with Gasteiger partial charge in [0.1, 0.15) is 0 Å². The predicted octanol–water partition coefficient (Wildman–Crippen LogP) is 4.53. The zero-order chi connectivity index (χ0) is 13.9. The first-order valence-electron chi connectivity index (χ1n) is 6.87. The van der Waals surface area contributed by atoms with E-state index in [-0.39, 0.29) is 18.2 Å². The maximum absolute atomic E-state index is 12.5. The van der Waals surface area contributed by atoms with Crippen LogP contribution in [0, 0.1) is 0 Å². The van der Waals surface area contributed by atoms with E-state index in [1.807, 2.05) is 42.5 Å². The molecule has 0 aromatic heterocycles. The third-order valence-corrected chi connectivity index (χ3v) is 4.25. The molecule has 2 aromatic rings. The summed E-state index contributed by atoms with van der Waals surface area (Å²) in [6.45, 7) is 1.07. The lowest BCUT2D eigenvalue weighted by Crippen LogP contribution is -2.13. The maximum Gasteiger partial charge on any atom is 0.193 e. The first-order chi connectivity index (χ1) is 9.74. The summed E-state index contributed by atoms with van der Waals surface area (Å²) in [6, 6.07) is 15.9. The van der Waals surface area contributed by atoms with Gasteiger partial charge in [-0.05, 0) is 55.3 Å². The average molecular weight is 367 g/mol. The molecular weight excluding hydrogens is 350 g/mol. The van der Waals surface area contributed by atoms with Gasteiger partial charge in [-0.25, -0.2) is 0 Å². The molecule has 0 aliphatic carbocycles. The zero-order valence-electron chi connectivity index (χ0n) is 11.5. The van der Waals surface area contributed by atoms with Crippen molar-refractivity contribution in [2.75, 3.05) is 6.54 Å². The molecule has 0 unspecified atom stereocenters. The van der Waals surface area contributed by atoms with E-state index >= 15 is 0 Å². The van der Waals surface area contributed by atoms with Gasteiger partial charge in [-0.3, -0.25) is 4.79 Å². The number of hydrogen-bond acceptors (Lipinski definition) is 2. The summed E-state index contributed by atoms with van der Waals surface area (Å²) in [7, 11) is 0. The molecule has 0 radical (unpaired) electrons. The maximum atomic E-state index is 12.5. The number of hydrogen-bond donors (Lipinski definition) is 1. The van der Waals surface area contributed by atoms with Gasteiger partial charge in [-0.2, -0.15) is 0 Å². The molecule has 1 aliphatic heterocycles. The SMILES string of the molecule is Cl.O=C(c1ccc(Br)cc1)c1cccc([C@@H]2CCCN2)c1. The lowest BCUT2D eigenvalue weighted by Gasteiger charge is -2.11. The van der Waals surface area contributed by atoms with Crippen molar-refractivity contribution >= 4 is 34.1 Å². The van der Waals surface area contributed by atoms with Gasteiger partial charge < -0.3 is 5.32 Å². The third-order valence-electron chi connectivity index (χ3n) is 3.72. The molecule has 2 aromatic carbocycles. The van der Waals surface area contributed by atoms with E-state index in [2.05, 4.69) is 27.3 Å². The van der Waals surface area contributed by atoms with Gasteiger partial charge in [-0.15, -0.1) is 12.4 Å².